The summed E-state index contributed by atoms with van der Waals surface area (Å²) in [4.78, 5) is 0. The predicted octanol–water partition coefficient (Wildman–Crippen LogP) is 0.591. The molecule has 0 aliphatic rings. The summed E-state index contributed by atoms with van der Waals surface area (Å²) in [6.07, 6.45) is 0. The van der Waals surface area contributed by atoms with Crippen LogP contribution in [-0.2, 0) is 0 Å². The highest BCUT2D eigenvalue weighted by atomic mass is 35.5. The highest BCUT2D eigenvalue weighted by molar-refractivity contribution is 5.86. The lowest BCUT2D eigenvalue weighted by atomic mass is 10.7. The first-order chi connectivity index (χ1) is 1.91. The van der Waals surface area contributed by atoms with E-state index >= 15 is 0 Å². The van der Waals surface area contributed by atoms with Crippen molar-refractivity contribution in [3.05, 3.63) is 0 Å². The maximum Gasteiger partial charge on any atom is 0.00461 e. The van der Waals surface area contributed by atoms with Crippen molar-refractivity contribution in [2.75, 3.05) is 13.1 Å². The second kappa shape index (κ2) is 42.7. The van der Waals surface area contributed by atoms with E-state index in [2.05, 4.69) is 0 Å². The van der Waals surface area contributed by atoms with Crippen LogP contribution >= 0.6 is 49.6 Å². The van der Waals surface area contributed by atoms with E-state index in [-0.39, 0.29) is 49.6 Å². The van der Waals surface area contributed by atoms with Crippen LogP contribution in [0.4, 0.5) is 0 Å². The molecule has 0 radical (unpaired) electrons. The molecular weight excluding hydrogens is 194 g/mol. The van der Waals surface area contributed by atoms with E-state index in [4.69, 9.17) is 11.5 Å². The predicted molar refractivity (Wildman–Crippen MR) is 47.1 cm³/mol. The Balaban J connectivity index is -0.00000000750. The van der Waals surface area contributed by atoms with Gasteiger partial charge < -0.3 is 11.5 Å². The molecule has 0 fully saturated rings. The van der Waals surface area contributed by atoms with Crippen LogP contribution in [0.1, 0.15) is 0 Å². The summed E-state index contributed by atoms with van der Waals surface area (Å²) in [5.41, 5.74) is 9.81. The Kier molecular flexibility index (Phi) is 190. The molecular formula is C2H12Cl4N2. The quantitative estimate of drug-likeness (QED) is 0.659. The topological polar surface area (TPSA) is 52.0 Å². The van der Waals surface area contributed by atoms with E-state index in [1.807, 2.05) is 0 Å². The number of halogens is 4. The lowest BCUT2D eigenvalue weighted by Gasteiger charge is -1.72. The monoisotopic (exact) mass is 204 g/mol. The van der Waals surface area contributed by atoms with Crippen LogP contribution < -0.4 is 11.5 Å². The maximum absolute atomic E-state index is 4.90. The Morgan fingerprint density at radius 1 is 0.625 bits per heavy atom. The van der Waals surface area contributed by atoms with Gasteiger partial charge in [0.05, 0.1) is 0 Å². The van der Waals surface area contributed by atoms with Crippen LogP contribution in [0.25, 0.3) is 0 Å². The lowest BCUT2D eigenvalue weighted by molar-refractivity contribution is 0.976. The van der Waals surface area contributed by atoms with Gasteiger partial charge in [-0.1, -0.05) is 0 Å². The standard InChI is InChI=1S/C2H8N2.4ClH/c3-1-2-4;;;;/h1-4H2;4*1H. The van der Waals surface area contributed by atoms with Gasteiger partial charge in [0, 0.05) is 13.1 Å². The van der Waals surface area contributed by atoms with E-state index in [1.165, 1.54) is 0 Å². The van der Waals surface area contributed by atoms with Crippen molar-refractivity contribution >= 4 is 49.6 Å². The summed E-state index contributed by atoms with van der Waals surface area (Å²) in [7, 11) is 0. The van der Waals surface area contributed by atoms with E-state index in [0.29, 0.717) is 13.1 Å². The molecule has 0 atom stereocenters. The molecule has 0 spiro atoms. The first-order valence-electron chi connectivity index (χ1n) is 1.32. The highest BCUT2D eigenvalue weighted by Gasteiger charge is 1.54. The molecule has 0 aromatic rings. The average Bonchev–Trinajstić information content (AvgIpc) is 1.37. The van der Waals surface area contributed by atoms with Gasteiger partial charge in [-0.3, -0.25) is 0 Å². The molecule has 0 unspecified atom stereocenters. The second-order valence-corrected chi connectivity index (χ2v) is 0.577. The minimum atomic E-state index is 0. The van der Waals surface area contributed by atoms with Gasteiger partial charge in [0.15, 0.2) is 0 Å². The maximum atomic E-state index is 4.90. The van der Waals surface area contributed by atoms with Crippen LogP contribution in [0.15, 0.2) is 0 Å². The van der Waals surface area contributed by atoms with Crippen molar-refractivity contribution in [3.63, 3.8) is 0 Å². The minimum absolute atomic E-state index is 0. The van der Waals surface area contributed by atoms with E-state index < -0.39 is 0 Å². The fraction of sp³-hybridized carbons (Fsp3) is 1.00. The molecule has 0 bridgehead atoms. The normalized spacial score (nSPS) is 3.75. The fourth-order valence-corrected chi connectivity index (χ4v) is 0. The van der Waals surface area contributed by atoms with E-state index in [1.54, 1.807) is 0 Å². The highest BCUT2D eigenvalue weighted by Crippen LogP contribution is 1.24. The average molecular weight is 206 g/mol. The summed E-state index contributed by atoms with van der Waals surface area (Å²) in [6, 6.07) is 0. The van der Waals surface area contributed by atoms with Crippen LogP contribution in [-0.4, -0.2) is 13.1 Å². The molecule has 0 aliphatic heterocycles. The largest absolute Gasteiger partial charge is 0.329 e. The van der Waals surface area contributed by atoms with Gasteiger partial charge in [0.2, 0.25) is 0 Å². The first kappa shape index (κ1) is 35.6. The van der Waals surface area contributed by atoms with Crippen LogP contribution in [0.2, 0.25) is 0 Å². The molecule has 0 amide bonds. The molecule has 8 heavy (non-hydrogen) atoms. The summed E-state index contributed by atoms with van der Waals surface area (Å²) < 4.78 is 0. The molecule has 2 nitrogen and oxygen atoms in total. The molecule has 0 saturated carbocycles. The van der Waals surface area contributed by atoms with Gasteiger partial charge in [0.25, 0.3) is 0 Å². The van der Waals surface area contributed by atoms with Gasteiger partial charge in [-0.25, -0.2) is 0 Å². The molecule has 0 aromatic carbocycles. The van der Waals surface area contributed by atoms with E-state index in [9.17, 15) is 0 Å². The number of rotatable bonds is 1. The smallest absolute Gasteiger partial charge is 0.00461 e. The summed E-state index contributed by atoms with van der Waals surface area (Å²) in [5, 5.41) is 0. The van der Waals surface area contributed by atoms with Crippen LogP contribution in [0.5, 0.6) is 0 Å². The van der Waals surface area contributed by atoms with Gasteiger partial charge in [-0.2, -0.15) is 0 Å². The van der Waals surface area contributed by atoms with Crippen molar-refractivity contribution in [1.82, 2.24) is 0 Å². The first-order valence-corrected chi connectivity index (χ1v) is 1.32. The van der Waals surface area contributed by atoms with Crippen molar-refractivity contribution < 1.29 is 0 Å². The molecule has 6 heteroatoms. The Morgan fingerprint density at radius 3 is 0.750 bits per heavy atom. The Bertz CT molecular complexity index is 14.0. The van der Waals surface area contributed by atoms with Crippen LogP contribution in [0.3, 0.4) is 0 Å². The number of hydrogen-bond donors (Lipinski definition) is 2. The zero-order valence-electron chi connectivity index (χ0n) is 4.20. The summed E-state index contributed by atoms with van der Waals surface area (Å²) >= 11 is 0. The SMILES string of the molecule is Cl.Cl.Cl.Cl.NCCN. The van der Waals surface area contributed by atoms with Crippen LogP contribution in [0, 0.1) is 0 Å². The Morgan fingerprint density at radius 2 is 0.750 bits per heavy atom. The third-order valence-electron chi connectivity index (χ3n) is 0.167. The third kappa shape index (κ3) is 60.5. The van der Waals surface area contributed by atoms with E-state index in [0.717, 1.165) is 0 Å². The molecule has 0 saturated heterocycles. The number of hydrogen-bond acceptors (Lipinski definition) is 2. The zero-order valence-corrected chi connectivity index (χ0v) is 7.47. The Hall–Kier alpha value is 1.08. The van der Waals surface area contributed by atoms with Gasteiger partial charge in [0.1, 0.15) is 0 Å². The van der Waals surface area contributed by atoms with Gasteiger partial charge in [-0.15, -0.1) is 49.6 Å². The summed E-state index contributed by atoms with van der Waals surface area (Å²) in [5.74, 6) is 0. The molecule has 58 valence electrons. The van der Waals surface area contributed by atoms with Crippen molar-refractivity contribution in [1.29, 1.82) is 0 Å². The van der Waals surface area contributed by atoms with Crippen molar-refractivity contribution in [2.24, 2.45) is 11.5 Å². The van der Waals surface area contributed by atoms with Gasteiger partial charge in [-0.05, 0) is 0 Å². The third-order valence-corrected chi connectivity index (χ3v) is 0.167. The molecule has 0 heterocycles. The Labute approximate surface area is 74.4 Å². The fourth-order valence-electron chi connectivity index (χ4n) is 0. The minimum Gasteiger partial charge on any atom is -0.329 e. The van der Waals surface area contributed by atoms with Gasteiger partial charge >= 0.3 is 0 Å². The number of nitrogens with two attached hydrogens (primary N) is 2. The van der Waals surface area contributed by atoms with Crippen molar-refractivity contribution in [2.45, 2.75) is 0 Å². The second-order valence-electron chi connectivity index (χ2n) is 0.577. The lowest BCUT2D eigenvalue weighted by Crippen LogP contribution is -2.11. The zero-order chi connectivity index (χ0) is 3.41. The molecule has 0 aliphatic carbocycles. The summed E-state index contributed by atoms with van der Waals surface area (Å²) in [6.45, 7) is 1.19. The molecule has 0 aromatic heterocycles. The molecule has 0 rings (SSSR count). The molecule has 4 N–H and O–H groups in total. The van der Waals surface area contributed by atoms with Crippen molar-refractivity contribution in [3.8, 4) is 0 Å².